The fraction of sp³-hybridized carbons (Fsp3) is 0.375. The summed E-state index contributed by atoms with van der Waals surface area (Å²) in [5.41, 5.74) is 1.79. The first-order chi connectivity index (χ1) is 16.1. The van der Waals surface area contributed by atoms with Crippen LogP contribution in [0.1, 0.15) is 24.0 Å². The highest BCUT2D eigenvalue weighted by molar-refractivity contribution is 7.92. The van der Waals surface area contributed by atoms with Crippen molar-refractivity contribution in [3.8, 4) is 5.75 Å². The first kappa shape index (κ1) is 24.5. The van der Waals surface area contributed by atoms with Crippen LogP contribution in [0.25, 0.3) is 6.08 Å². The van der Waals surface area contributed by atoms with Gasteiger partial charge in [0.1, 0.15) is 11.6 Å². The minimum absolute atomic E-state index is 0.102. The fourth-order valence-electron chi connectivity index (χ4n) is 4.73. The Morgan fingerprint density at radius 1 is 1.21 bits per heavy atom. The highest BCUT2D eigenvalue weighted by Crippen LogP contribution is 2.34. The number of likely N-dealkylation sites (tertiary alicyclic amines) is 1. The summed E-state index contributed by atoms with van der Waals surface area (Å²) >= 11 is 6.16. The number of anilines is 1. The number of sulfonamides is 1. The molecule has 4 rings (SSSR count). The van der Waals surface area contributed by atoms with Gasteiger partial charge < -0.3 is 9.64 Å². The van der Waals surface area contributed by atoms with Gasteiger partial charge in [-0.3, -0.25) is 14.4 Å². The van der Waals surface area contributed by atoms with Crippen molar-refractivity contribution in [2.24, 2.45) is 0 Å². The summed E-state index contributed by atoms with van der Waals surface area (Å²) in [5.74, 6) is 0.00896. The monoisotopic (exact) mass is 507 g/mol. The van der Waals surface area contributed by atoms with Gasteiger partial charge in [0.15, 0.2) is 0 Å². The quantitative estimate of drug-likeness (QED) is 0.577. The molecule has 34 heavy (non-hydrogen) atoms. The van der Waals surface area contributed by atoms with E-state index in [1.165, 1.54) is 31.4 Å². The summed E-state index contributed by atoms with van der Waals surface area (Å²) in [5, 5.41) is 0.257. The van der Waals surface area contributed by atoms with E-state index in [9.17, 15) is 17.6 Å². The van der Waals surface area contributed by atoms with Gasteiger partial charge in [0.25, 0.3) is 0 Å². The third-order valence-electron chi connectivity index (χ3n) is 6.16. The second-order valence-electron chi connectivity index (χ2n) is 8.73. The van der Waals surface area contributed by atoms with E-state index in [1.54, 1.807) is 24.3 Å². The first-order valence-electron chi connectivity index (χ1n) is 11.0. The van der Waals surface area contributed by atoms with Gasteiger partial charge in [-0.15, -0.1) is 0 Å². The molecule has 2 aromatic rings. The Balaban J connectivity index is 1.48. The van der Waals surface area contributed by atoms with Gasteiger partial charge in [-0.1, -0.05) is 23.7 Å². The maximum Gasteiger partial charge on any atom is 0.247 e. The molecular formula is C24H27ClFN3O4S. The minimum atomic E-state index is -3.54. The van der Waals surface area contributed by atoms with Crippen molar-refractivity contribution in [1.29, 1.82) is 0 Å². The lowest BCUT2D eigenvalue weighted by Gasteiger charge is -2.40. The van der Waals surface area contributed by atoms with Crippen molar-refractivity contribution in [3.63, 3.8) is 0 Å². The predicted molar refractivity (Wildman–Crippen MR) is 131 cm³/mol. The number of nitrogens with zero attached hydrogens (tertiary/aromatic N) is 2. The number of hydrogen-bond acceptors (Lipinski definition) is 5. The number of methoxy groups -OCH3 is 1. The molecule has 2 saturated heterocycles. The molecule has 2 bridgehead atoms. The van der Waals surface area contributed by atoms with Crippen LogP contribution in [0.3, 0.4) is 0 Å². The smallest absolute Gasteiger partial charge is 0.247 e. The molecule has 0 saturated carbocycles. The van der Waals surface area contributed by atoms with E-state index in [1.807, 2.05) is 4.90 Å². The second-order valence-corrected chi connectivity index (χ2v) is 10.9. The Morgan fingerprint density at radius 2 is 1.85 bits per heavy atom. The van der Waals surface area contributed by atoms with Crippen LogP contribution in [-0.4, -0.2) is 62.7 Å². The Labute approximate surface area is 204 Å². The number of nitrogens with one attached hydrogen (secondary N) is 1. The molecule has 2 aromatic carbocycles. The lowest BCUT2D eigenvalue weighted by molar-refractivity contribution is -0.131. The largest absolute Gasteiger partial charge is 0.495 e. The van der Waals surface area contributed by atoms with Gasteiger partial charge in [0.2, 0.25) is 15.9 Å². The zero-order valence-corrected chi connectivity index (χ0v) is 20.6. The van der Waals surface area contributed by atoms with Crippen molar-refractivity contribution in [3.05, 3.63) is 64.4 Å². The molecule has 7 nitrogen and oxygen atoms in total. The van der Waals surface area contributed by atoms with Gasteiger partial charge >= 0.3 is 0 Å². The van der Waals surface area contributed by atoms with Gasteiger partial charge in [-0.25, -0.2) is 12.8 Å². The highest BCUT2D eigenvalue weighted by Gasteiger charge is 2.41. The predicted octanol–water partition coefficient (Wildman–Crippen LogP) is 3.75. The van der Waals surface area contributed by atoms with E-state index in [0.717, 1.165) is 44.3 Å². The maximum atomic E-state index is 13.2. The SMILES string of the molecule is COc1cc(/C=C/C(=O)N2C3CCC2CN(Cc2ccc(F)cc2)C3)c(NS(C)(=O)=O)cc1Cl. The van der Waals surface area contributed by atoms with Crippen molar-refractivity contribution in [1.82, 2.24) is 9.80 Å². The standard InChI is InChI=1S/C24H27ClFN3O4S/c1-33-23-11-17(22(12-21(23)25)27-34(2,31)32)5-10-24(30)29-19-8-9-20(29)15-28(14-19)13-16-3-6-18(26)7-4-16/h3-7,10-12,19-20,27H,8-9,13-15H2,1-2H3/b10-5+. The van der Waals surface area contributed by atoms with Crippen molar-refractivity contribution < 1.29 is 22.3 Å². The summed E-state index contributed by atoms with van der Waals surface area (Å²) in [6.07, 6.45) is 5.96. The Bertz CT molecular complexity index is 1190. The van der Waals surface area contributed by atoms with Gasteiger partial charge in [0.05, 0.1) is 24.1 Å². The summed E-state index contributed by atoms with van der Waals surface area (Å²) in [6, 6.07) is 9.77. The number of amides is 1. The molecule has 1 N–H and O–H groups in total. The number of piperazine rings is 1. The molecule has 0 aliphatic carbocycles. The van der Waals surface area contributed by atoms with Crippen LogP contribution in [0.2, 0.25) is 5.02 Å². The van der Waals surface area contributed by atoms with Crippen LogP contribution in [0.15, 0.2) is 42.5 Å². The topological polar surface area (TPSA) is 79.0 Å². The molecule has 10 heteroatoms. The normalized spacial score (nSPS) is 20.6. The Kier molecular flexibility index (Phi) is 7.16. The highest BCUT2D eigenvalue weighted by atomic mass is 35.5. The Hall–Kier alpha value is -2.62. The fourth-order valence-corrected chi connectivity index (χ4v) is 5.54. The van der Waals surface area contributed by atoms with Gasteiger partial charge in [0, 0.05) is 43.4 Å². The van der Waals surface area contributed by atoms with Crippen LogP contribution in [0, 0.1) is 5.82 Å². The average Bonchev–Trinajstić information content (AvgIpc) is 3.04. The molecule has 182 valence electrons. The number of fused-ring (bicyclic) bond motifs is 2. The molecule has 0 spiro atoms. The number of carbonyl (C=O) groups excluding carboxylic acids is 1. The molecule has 2 aliphatic rings. The average molecular weight is 508 g/mol. The molecule has 1 amide bonds. The maximum absolute atomic E-state index is 13.2. The van der Waals surface area contributed by atoms with Crippen LogP contribution >= 0.6 is 11.6 Å². The van der Waals surface area contributed by atoms with Crippen LogP contribution in [0.4, 0.5) is 10.1 Å². The lowest BCUT2D eigenvalue weighted by Crippen LogP contribution is -2.55. The number of carbonyl (C=O) groups is 1. The summed E-state index contributed by atoms with van der Waals surface area (Å²) in [7, 11) is -2.08. The number of rotatable bonds is 7. The van der Waals surface area contributed by atoms with Crippen molar-refractivity contribution >= 4 is 39.3 Å². The van der Waals surface area contributed by atoms with E-state index in [0.29, 0.717) is 11.3 Å². The molecule has 2 atom stereocenters. The lowest BCUT2D eigenvalue weighted by atomic mass is 10.1. The van der Waals surface area contributed by atoms with Gasteiger partial charge in [-0.2, -0.15) is 0 Å². The number of halogens is 2. The van der Waals surface area contributed by atoms with Gasteiger partial charge in [-0.05, 0) is 48.7 Å². The third-order valence-corrected chi connectivity index (χ3v) is 7.04. The molecule has 0 radical (unpaired) electrons. The van der Waals surface area contributed by atoms with Crippen LogP contribution in [-0.2, 0) is 21.4 Å². The Morgan fingerprint density at radius 3 is 2.44 bits per heavy atom. The van der Waals surface area contributed by atoms with E-state index in [4.69, 9.17) is 16.3 Å². The molecule has 2 unspecified atom stereocenters. The first-order valence-corrected chi connectivity index (χ1v) is 13.2. The minimum Gasteiger partial charge on any atom is -0.495 e. The van der Waals surface area contributed by atoms with Crippen molar-refractivity contribution in [2.75, 3.05) is 31.2 Å². The molecule has 2 fully saturated rings. The summed E-state index contributed by atoms with van der Waals surface area (Å²) in [6.45, 7) is 2.22. The van der Waals surface area contributed by atoms with E-state index in [-0.39, 0.29) is 34.5 Å². The van der Waals surface area contributed by atoms with E-state index in [2.05, 4.69) is 9.62 Å². The zero-order valence-electron chi connectivity index (χ0n) is 19.0. The summed E-state index contributed by atoms with van der Waals surface area (Å²) in [4.78, 5) is 17.4. The third kappa shape index (κ3) is 5.71. The molecule has 2 heterocycles. The number of ether oxygens (including phenoxy) is 1. The molecular weight excluding hydrogens is 481 g/mol. The van der Waals surface area contributed by atoms with Crippen molar-refractivity contribution in [2.45, 2.75) is 31.5 Å². The molecule has 2 aliphatic heterocycles. The van der Waals surface area contributed by atoms with Crippen LogP contribution in [0.5, 0.6) is 5.75 Å². The second kappa shape index (κ2) is 9.93. The zero-order chi connectivity index (χ0) is 24.5. The van der Waals surface area contributed by atoms with Crippen LogP contribution < -0.4 is 9.46 Å². The van der Waals surface area contributed by atoms with E-state index >= 15 is 0 Å². The number of hydrogen-bond donors (Lipinski definition) is 1. The molecule has 0 aromatic heterocycles. The number of benzene rings is 2. The summed E-state index contributed by atoms with van der Waals surface area (Å²) < 4.78 is 44.4. The van der Waals surface area contributed by atoms with E-state index < -0.39 is 10.0 Å².